The van der Waals surface area contributed by atoms with E-state index >= 15 is 0 Å². The van der Waals surface area contributed by atoms with Gasteiger partial charge in [-0.1, -0.05) is 42.5 Å². The highest BCUT2D eigenvalue weighted by molar-refractivity contribution is 5.91. The zero-order valence-corrected chi connectivity index (χ0v) is 13.2. The molecule has 1 N–H and O–H groups in total. The second-order valence-corrected chi connectivity index (χ2v) is 5.91. The highest BCUT2D eigenvalue weighted by atomic mass is 16.4. The van der Waals surface area contributed by atoms with E-state index in [0.717, 1.165) is 16.7 Å². The Balaban J connectivity index is 1.82. The summed E-state index contributed by atoms with van der Waals surface area (Å²) < 4.78 is 5.89. The predicted molar refractivity (Wildman–Crippen MR) is 96.8 cm³/mol. The van der Waals surface area contributed by atoms with Gasteiger partial charge < -0.3 is 9.52 Å². The van der Waals surface area contributed by atoms with E-state index in [0.29, 0.717) is 21.9 Å². The molecule has 0 radical (unpaired) electrons. The van der Waals surface area contributed by atoms with Gasteiger partial charge in [-0.15, -0.1) is 0 Å². The SMILES string of the molecule is O=C(O)Cc1ccc(-c2ccc3c(=O)c4ccccc4oc3c2)cc1. The van der Waals surface area contributed by atoms with E-state index in [4.69, 9.17) is 9.52 Å². The zero-order valence-electron chi connectivity index (χ0n) is 13.2. The van der Waals surface area contributed by atoms with Crippen molar-refractivity contribution in [3.8, 4) is 11.1 Å². The zero-order chi connectivity index (χ0) is 17.4. The van der Waals surface area contributed by atoms with Crippen molar-refractivity contribution < 1.29 is 14.3 Å². The first-order valence-corrected chi connectivity index (χ1v) is 7.88. The molecule has 0 saturated carbocycles. The smallest absolute Gasteiger partial charge is 0.307 e. The van der Waals surface area contributed by atoms with E-state index in [2.05, 4.69) is 0 Å². The highest BCUT2D eigenvalue weighted by Crippen LogP contribution is 2.26. The summed E-state index contributed by atoms with van der Waals surface area (Å²) >= 11 is 0. The molecule has 4 nitrogen and oxygen atoms in total. The molecule has 0 fully saturated rings. The Morgan fingerprint density at radius 1 is 0.840 bits per heavy atom. The van der Waals surface area contributed by atoms with Crippen LogP contribution < -0.4 is 5.43 Å². The molecule has 0 aliphatic rings. The minimum Gasteiger partial charge on any atom is -0.481 e. The Bertz CT molecular complexity index is 1150. The van der Waals surface area contributed by atoms with E-state index < -0.39 is 5.97 Å². The lowest BCUT2D eigenvalue weighted by Gasteiger charge is -2.06. The molecular weight excluding hydrogens is 316 g/mol. The van der Waals surface area contributed by atoms with Gasteiger partial charge in [-0.3, -0.25) is 9.59 Å². The van der Waals surface area contributed by atoms with Crippen LogP contribution in [-0.2, 0) is 11.2 Å². The number of aliphatic carboxylic acids is 1. The second kappa shape index (κ2) is 5.91. The number of carboxylic acids is 1. The summed E-state index contributed by atoms with van der Waals surface area (Å²) in [5.74, 6) is -0.855. The van der Waals surface area contributed by atoms with Crippen LogP contribution in [0, 0.1) is 0 Å². The minimum absolute atomic E-state index is 0.00113. The highest BCUT2D eigenvalue weighted by Gasteiger charge is 2.09. The Labute approximate surface area is 143 Å². The van der Waals surface area contributed by atoms with Gasteiger partial charge in [0, 0.05) is 0 Å². The molecule has 25 heavy (non-hydrogen) atoms. The monoisotopic (exact) mass is 330 g/mol. The fourth-order valence-electron chi connectivity index (χ4n) is 2.97. The van der Waals surface area contributed by atoms with Crippen LogP contribution >= 0.6 is 0 Å². The second-order valence-electron chi connectivity index (χ2n) is 5.91. The van der Waals surface area contributed by atoms with Gasteiger partial charge in [-0.25, -0.2) is 0 Å². The summed E-state index contributed by atoms with van der Waals surface area (Å²) in [5.41, 5.74) is 3.65. The number of hydrogen-bond donors (Lipinski definition) is 1. The Morgan fingerprint density at radius 2 is 1.52 bits per heavy atom. The lowest BCUT2D eigenvalue weighted by Crippen LogP contribution is -2.01. The first kappa shape index (κ1) is 15.1. The van der Waals surface area contributed by atoms with Crippen LogP contribution in [0.2, 0.25) is 0 Å². The maximum atomic E-state index is 12.6. The van der Waals surface area contributed by atoms with Crippen molar-refractivity contribution in [1.82, 2.24) is 0 Å². The van der Waals surface area contributed by atoms with Crippen molar-refractivity contribution in [1.29, 1.82) is 0 Å². The first-order chi connectivity index (χ1) is 12.1. The van der Waals surface area contributed by atoms with Crippen molar-refractivity contribution >= 4 is 27.9 Å². The summed E-state index contributed by atoms with van der Waals surface area (Å²) in [6.07, 6.45) is -0.00113. The number of para-hydroxylation sites is 1. The third kappa shape index (κ3) is 2.78. The molecule has 0 spiro atoms. The van der Waals surface area contributed by atoms with Crippen LogP contribution in [0.25, 0.3) is 33.1 Å². The summed E-state index contributed by atoms with van der Waals surface area (Å²) in [6, 6.07) is 20.0. The average molecular weight is 330 g/mol. The standard InChI is InChI=1S/C21H14O4/c22-20(23)11-13-5-7-14(8-6-13)15-9-10-17-19(12-15)25-18-4-2-1-3-16(18)21(17)24/h1-10,12H,11H2,(H,22,23). The molecule has 1 heterocycles. The fourth-order valence-corrected chi connectivity index (χ4v) is 2.97. The molecule has 3 aromatic carbocycles. The predicted octanol–water partition coefficient (Wildman–Crippen LogP) is 4.24. The molecule has 0 saturated heterocycles. The average Bonchev–Trinajstić information content (AvgIpc) is 2.62. The first-order valence-electron chi connectivity index (χ1n) is 7.88. The van der Waals surface area contributed by atoms with Crippen LogP contribution in [-0.4, -0.2) is 11.1 Å². The fraction of sp³-hybridized carbons (Fsp3) is 0.0476. The number of hydrogen-bond acceptors (Lipinski definition) is 3. The van der Waals surface area contributed by atoms with E-state index in [9.17, 15) is 9.59 Å². The van der Waals surface area contributed by atoms with Crippen molar-refractivity contribution in [2.24, 2.45) is 0 Å². The molecule has 4 rings (SSSR count). The molecule has 0 amide bonds. The molecule has 0 aliphatic carbocycles. The molecule has 0 aliphatic heterocycles. The summed E-state index contributed by atoms with van der Waals surface area (Å²) in [7, 11) is 0. The molecule has 0 bridgehead atoms. The Morgan fingerprint density at radius 3 is 2.28 bits per heavy atom. The van der Waals surface area contributed by atoms with Gasteiger partial charge >= 0.3 is 5.97 Å². The van der Waals surface area contributed by atoms with Gasteiger partial charge in [0.2, 0.25) is 5.43 Å². The minimum atomic E-state index is -0.855. The van der Waals surface area contributed by atoms with Crippen LogP contribution in [0.5, 0.6) is 0 Å². The molecule has 0 atom stereocenters. The van der Waals surface area contributed by atoms with Gasteiger partial charge in [0.05, 0.1) is 17.2 Å². The lowest BCUT2D eigenvalue weighted by atomic mass is 10.0. The van der Waals surface area contributed by atoms with Gasteiger partial charge in [0.25, 0.3) is 0 Å². The topological polar surface area (TPSA) is 67.5 Å². The van der Waals surface area contributed by atoms with Crippen molar-refractivity contribution in [3.05, 3.63) is 82.5 Å². The van der Waals surface area contributed by atoms with Crippen LogP contribution in [0.3, 0.4) is 0 Å². The quantitative estimate of drug-likeness (QED) is 0.571. The number of carbonyl (C=O) groups is 1. The summed E-state index contributed by atoms with van der Waals surface area (Å²) in [4.78, 5) is 23.3. The van der Waals surface area contributed by atoms with Crippen molar-refractivity contribution in [2.75, 3.05) is 0 Å². The van der Waals surface area contributed by atoms with Crippen LogP contribution in [0.1, 0.15) is 5.56 Å². The maximum absolute atomic E-state index is 12.6. The van der Waals surface area contributed by atoms with E-state index in [1.165, 1.54) is 0 Å². The Hall–Kier alpha value is -3.40. The molecule has 1 aromatic heterocycles. The molecule has 4 heteroatoms. The third-order valence-electron chi connectivity index (χ3n) is 4.22. The van der Waals surface area contributed by atoms with Gasteiger partial charge in [-0.2, -0.15) is 0 Å². The third-order valence-corrected chi connectivity index (χ3v) is 4.22. The molecular formula is C21H14O4. The Kier molecular flexibility index (Phi) is 3.58. The maximum Gasteiger partial charge on any atom is 0.307 e. The number of benzene rings is 3. The summed E-state index contributed by atoms with van der Waals surface area (Å²) in [6.45, 7) is 0. The normalized spacial score (nSPS) is 11.0. The largest absolute Gasteiger partial charge is 0.481 e. The number of carboxylic acid groups (broad SMARTS) is 1. The number of rotatable bonds is 3. The summed E-state index contributed by atoms with van der Waals surface area (Å²) in [5, 5.41) is 9.96. The van der Waals surface area contributed by atoms with Crippen LogP contribution in [0.15, 0.2) is 75.9 Å². The van der Waals surface area contributed by atoms with Gasteiger partial charge in [-0.05, 0) is 41.0 Å². The van der Waals surface area contributed by atoms with Crippen LogP contribution in [0.4, 0.5) is 0 Å². The van der Waals surface area contributed by atoms with E-state index in [1.807, 2.05) is 36.4 Å². The molecule has 0 unspecified atom stereocenters. The van der Waals surface area contributed by atoms with E-state index in [1.54, 1.807) is 30.3 Å². The molecule has 4 aromatic rings. The van der Waals surface area contributed by atoms with Gasteiger partial charge in [0.1, 0.15) is 11.2 Å². The van der Waals surface area contributed by atoms with Crippen molar-refractivity contribution in [2.45, 2.75) is 6.42 Å². The lowest BCUT2D eigenvalue weighted by molar-refractivity contribution is -0.136. The van der Waals surface area contributed by atoms with Gasteiger partial charge in [0.15, 0.2) is 0 Å². The number of fused-ring (bicyclic) bond motifs is 2. The van der Waals surface area contributed by atoms with Crippen molar-refractivity contribution in [3.63, 3.8) is 0 Å². The molecule has 122 valence electrons. The van der Waals surface area contributed by atoms with E-state index in [-0.39, 0.29) is 11.8 Å².